The van der Waals surface area contributed by atoms with Crippen LogP contribution < -0.4 is 13.9 Å². The molecule has 0 amide bonds. The number of hydrogen-bond acceptors (Lipinski definition) is 2. The molecule has 0 N–H and O–H groups in total. The molecule has 0 bridgehead atoms. The molecule has 0 saturated carbocycles. The van der Waals surface area contributed by atoms with Gasteiger partial charge in [-0.3, -0.25) is 0 Å². The van der Waals surface area contributed by atoms with E-state index in [1.807, 2.05) is 42.5 Å². The zero-order valence-corrected chi connectivity index (χ0v) is 16.6. The van der Waals surface area contributed by atoms with Crippen molar-refractivity contribution >= 4 is 5.65 Å². The first kappa shape index (κ1) is 18.1. The number of methoxy groups -OCH3 is 1. The van der Waals surface area contributed by atoms with Gasteiger partial charge in [0.1, 0.15) is 30.3 Å². The summed E-state index contributed by atoms with van der Waals surface area (Å²) in [5.41, 5.74) is 5.85. The van der Waals surface area contributed by atoms with E-state index in [2.05, 4.69) is 53.3 Å². The fourth-order valence-electron chi connectivity index (χ4n) is 3.54. The molecule has 0 unspecified atom stereocenters. The van der Waals surface area contributed by atoms with Gasteiger partial charge in [-0.15, -0.1) is 0 Å². The number of aromatic nitrogens is 2. The second kappa shape index (κ2) is 7.77. The molecule has 4 aromatic rings. The SMILES string of the molecule is COc1cccc(Cn2c(C)c(C)[n+]3cccc(OCc4ccccc4)c23)c1. The van der Waals surface area contributed by atoms with Crippen LogP contribution in [0.4, 0.5) is 0 Å². The number of imidazole rings is 1. The monoisotopic (exact) mass is 373 g/mol. The van der Waals surface area contributed by atoms with E-state index >= 15 is 0 Å². The second-order valence-electron chi connectivity index (χ2n) is 6.95. The van der Waals surface area contributed by atoms with Crippen LogP contribution >= 0.6 is 0 Å². The first-order valence-electron chi connectivity index (χ1n) is 9.47. The van der Waals surface area contributed by atoms with E-state index < -0.39 is 0 Å². The van der Waals surface area contributed by atoms with Gasteiger partial charge in [0.05, 0.1) is 13.3 Å². The highest BCUT2D eigenvalue weighted by molar-refractivity contribution is 5.51. The minimum absolute atomic E-state index is 0.545. The van der Waals surface area contributed by atoms with Gasteiger partial charge >= 0.3 is 5.65 Å². The average Bonchev–Trinajstić information content (AvgIpc) is 2.98. The predicted octanol–water partition coefficient (Wildman–Crippen LogP) is 4.48. The summed E-state index contributed by atoms with van der Waals surface area (Å²) in [6, 6.07) is 22.5. The molecule has 0 saturated heterocycles. The predicted molar refractivity (Wildman–Crippen MR) is 110 cm³/mol. The van der Waals surface area contributed by atoms with Crippen LogP contribution in [0.2, 0.25) is 0 Å². The van der Waals surface area contributed by atoms with Crippen molar-refractivity contribution in [2.45, 2.75) is 27.0 Å². The molecule has 0 spiro atoms. The van der Waals surface area contributed by atoms with Gasteiger partial charge in [-0.05, 0) is 35.4 Å². The van der Waals surface area contributed by atoms with Crippen LogP contribution in [0.15, 0.2) is 72.9 Å². The molecular formula is C24H25N2O2+. The van der Waals surface area contributed by atoms with Gasteiger partial charge in [-0.2, -0.15) is 4.40 Å². The zero-order valence-electron chi connectivity index (χ0n) is 16.6. The highest BCUT2D eigenvalue weighted by Gasteiger charge is 2.24. The second-order valence-corrected chi connectivity index (χ2v) is 6.95. The summed E-state index contributed by atoms with van der Waals surface area (Å²) < 4.78 is 16.1. The van der Waals surface area contributed by atoms with E-state index in [0.29, 0.717) is 6.61 Å². The lowest BCUT2D eigenvalue weighted by atomic mass is 10.2. The van der Waals surface area contributed by atoms with E-state index in [1.165, 1.54) is 17.0 Å². The molecule has 4 rings (SSSR count). The first-order valence-corrected chi connectivity index (χ1v) is 9.47. The Kier molecular flexibility index (Phi) is 5.02. The fourth-order valence-corrected chi connectivity index (χ4v) is 3.54. The van der Waals surface area contributed by atoms with Crippen molar-refractivity contribution in [1.29, 1.82) is 0 Å². The quantitative estimate of drug-likeness (QED) is 0.466. The maximum Gasteiger partial charge on any atom is 0.329 e. The van der Waals surface area contributed by atoms with Crippen LogP contribution in [0.5, 0.6) is 11.5 Å². The van der Waals surface area contributed by atoms with Crippen molar-refractivity contribution in [3.63, 3.8) is 0 Å². The standard InChI is InChI=1S/C24H25N2O2/c1-18-19(2)26(16-21-11-7-12-22(15-21)27-3)24-23(13-8-14-25(18)24)28-17-20-9-5-4-6-10-20/h4-15H,16-17H2,1-3H3/q+1. The Hall–Kier alpha value is -3.27. The third-order valence-corrected chi connectivity index (χ3v) is 5.19. The van der Waals surface area contributed by atoms with Crippen LogP contribution in [-0.4, -0.2) is 11.7 Å². The van der Waals surface area contributed by atoms with E-state index in [9.17, 15) is 0 Å². The molecule has 0 atom stereocenters. The number of nitrogens with zero attached hydrogens (tertiary/aromatic N) is 2. The van der Waals surface area contributed by atoms with Crippen LogP contribution in [0.25, 0.3) is 5.65 Å². The summed E-state index contributed by atoms with van der Waals surface area (Å²) in [4.78, 5) is 0. The van der Waals surface area contributed by atoms with Crippen molar-refractivity contribution in [3.05, 3.63) is 95.4 Å². The van der Waals surface area contributed by atoms with Crippen LogP contribution in [0.3, 0.4) is 0 Å². The molecule has 142 valence electrons. The maximum atomic E-state index is 6.23. The van der Waals surface area contributed by atoms with Gasteiger partial charge < -0.3 is 9.47 Å². The minimum atomic E-state index is 0.545. The summed E-state index contributed by atoms with van der Waals surface area (Å²) >= 11 is 0. The number of fused-ring (bicyclic) bond motifs is 1. The zero-order chi connectivity index (χ0) is 19.5. The van der Waals surface area contributed by atoms with Gasteiger partial charge in [0.2, 0.25) is 5.75 Å². The Morgan fingerprint density at radius 3 is 2.46 bits per heavy atom. The number of rotatable bonds is 6. The molecule has 2 aromatic heterocycles. The Morgan fingerprint density at radius 1 is 0.893 bits per heavy atom. The molecule has 0 aliphatic rings. The largest absolute Gasteiger partial charge is 0.497 e. The molecule has 4 nitrogen and oxygen atoms in total. The Bertz CT molecular complexity index is 1100. The van der Waals surface area contributed by atoms with Crippen molar-refractivity contribution in [1.82, 2.24) is 4.57 Å². The van der Waals surface area contributed by atoms with E-state index in [1.54, 1.807) is 7.11 Å². The van der Waals surface area contributed by atoms with Crippen LogP contribution in [0, 0.1) is 13.8 Å². The molecule has 0 aliphatic heterocycles. The number of aryl methyl sites for hydroxylation is 1. The van der Waals surface area contributed by atoms with Gasteiger partial charge in [0.15, 0.2) is 0 Å². The third kappa shape index (κ3) is 3.46. The number of ether oxygens (including phenoxy) is 2. The number of benzene rings is 2. The van der Waals surface area contributed by atoms with E-state index in [4.69, 9.17) is 9.47 Å². The minimum Gasteiger partial charge on any atom is -0.497 e. The molecule has 2 aromatic carbocycles. The molecule has 2 heterocycles. The van der Waals surface area contributed by atoms with Crippen molar-refractivity contribution in [2.24, 2.45) is 0 Å². The smallest absolute Gasteiger partial charge is 0.329 e. The summed E-state index contributed by atoms with van der Waals surface area (Å²) in [5.74, 6) is 1.75. The Morgan fingerprint density at radius 2 is 1.68 bits per heavy atom. The molecule has 4 heteroatoms. The van der Waals surface area contributed by atoms with Crippen LogP contribution in [0.1, 0.15) is 22.5 Å². The molecule has 28 heavy (non-hydrogen) atoms. The lowest BCUT2D eigenvalue weighted by Gasteiger charge is -2.08. The summed E-state index contributed by atoms with van der Waals surface area (Å²) in [6.45, 7) is 5.60. The van der Waals surface area contributed by atoms with Crippen molar-refractivity contribution in [3.8, 4) is 11.5 Å². The van der Waals surface area contributed by atoms with Crippen LogP contribution in [-0.2, 0) is 13.2 Å². The van der Waals surface area contributed by atoms with Crippen molar-refractivity contribution in [2.75, 3.05) is 7.11 Å². The number of hydrogen-bond donors (Lipinski definition) is 0. The summed E-state index contributed by atoms with van der Waals surface area (Å²) in [5, 5.41) is 0. The Balaban J connectivity index is 1.74. The Labute approximate surface area is 165 Å². The maximum absolute atomic E-state index is 6.23. The fraction of sp³-hybridized carbons (Fsp3) is 0.208. The first-order chi connectivity index (χ1) is 13.7. The van der Waals surface area contributed by atoms with Gasteiger partial charge in [-0.1, -0.05) is 42.5 Å². The summed E-state index contributed by atoms with van der Waals surface area (Å²) in [7, 11) is 1.70. The van der Waals surface area contributed by atoms with E-state index in [-0.39, 0.29) is 0 Å². The highest BCUT2D eigenvalue weighted by atomic mass is 16.5. The number of pyridine rings is 1. The lowest BCUT2D eigenvalue weighted by Crippen LogP contribution is -2.23. The average molecular weight is 373 g/mol. The van der Waals surface area contributed by atoms with Gasteiger partial charge in [-0.25, -0.2) is 4.57 Å². The van der Waals surface area contributed by atoms with Gasteiger partial charge in [0, 0.05) is 13.8 Å². The molecule has 0 radical (unpaired) electrons. The molecule has 0 aliphatic carbocycles. The topological polar surface area (TPSA) is 27.5 Å². The van der Waals surface area contributed by atoms with Crippen molar-refractivity contribution < 1.29 is 13.9 Å². The molecule has 0 fully saturated rings. The van der Waals surface area contributed by atoms with Gasteiger partial charge in [0.25, 0.3) is 0 Å². The third-order valence-electron chi connectivity index (χ3n) is 5.19. The normalized spacial score (nSPS) is 11.0. The van der Waals surface area contributed by atoms with E-state index in [0.717, 1.165) is 29.3 Å². The summed E-state index contributed by atoms with van der Waals surface area (Å²) in [6.07, 6.45) is 2.09. The highest BCUT2D eigenvalue weighted by Crippen LogP contribution is 2.23. The molecular weight excluding hydrogens is 348 g/mol. The lowest BCUT2D eigenvalue weighted by molar-refractivity contribution is -0.519.